The third-order valence-electron chi connectivity index (χ3n) is 5.64. The lowest BCUT2D eigenvalue weighted by molar-refractivity contribution is 0.385. The van der Waals surface area contributed by atoms with Crippen LogP contribution in [0.25, 0.3) is 23.0 Å². The minimum Gasteiger partial charge on any atom is -0.332 e. The first-order valence-corrected chi connectivity index (χ1v) is 11.5. The second-order valence-electron chi connectivity index (χ2n) is 7.69. The zero-order chi connectivity index (χ0) is 22.5. The molecule has 32 heavy (non-hydrogen) atoms. The monoisotopic (exact) mass is 453 g/mol. The van der Waals surface area contributed by atoms with Gasteiger partial charge in [0.15, 0.2) is 5.69 Å². The van der Waals surface area contributed by atoms with Gasteiger partial charge >= 0.3 is 0 Å². The molecule has 0 bridgehead atoms. The van der Waals surface area contributed by atoms with E-state index in [0.717, 1.165) is 16.8 Å². The van der Waals surface area contributed by atoms with Crippen molar-refractivity contribution >= 4 is 10.0 Å². The summed E-state index contributed by atoms with van der Waals surface area (Å²) in [5, 5.41) is 8.59. The van der Waals surface area contributed by atoms with E-state index in [4.69, 9.17) is 4.52 Å². The van der Waals surface area contributed by atoms with Crippen LogP contribution in [-0.4, -0.2) is 39.2 Å². The van der Waals surface area contributed by atoms with Crippen LogP contribution in [0.3, 0.4) is 0 Å². The van der Waals surface area contributed by atoms with Gasteiger partial charge < -0.3 is 4.52 Å². The van der Waals surface area contributed by atoms with Crippen LogP contribution in [0.5, 0.6) is 0 Å². The molecule has 2 aromatic carbocycles. The molecule has 10 heteroatoms. The molecular weight excluding hydrogens is 433 g/mol. The molecule has 4 aromatic rings. The lowest BCUT2D eigenvalue weighted by Gasteiger charge is -2.27. The van der Waals surface area contributed by atoms with Crippen LogP contribution in [0.1, 0.15) is 16.8 Å². The molecule has 0 aliphatic carbocycles. The van der Waals surface area contributed by atoms with Gasteiger partial charge in [0, 0.05) is 43.4 Å². The number of hydrogen-bond acceptors (Lipinski definition) is 6. The Kier molecular flexibility index (Phi) is 4.90. The summed E-state index contributed by atoms with van der Waals surface area (Å²) in [6.45, 7) is 1.95. The largest absolute Gasteiger partial charge is 0.332 e. The molecule has 0 saturated carbocycles. The number of halogens is 1. The average Bonchev–Trinajstić information content (AvgIpc) is 3.41. The van der Waals surface area contributed by atoms with E-state index < -0.39 is 15.8 Å². The molecule has 0 amide bonds. The molecule has 0 unspecified atom stereocenters. The fourth-order valence-electron chi connectivity index (χ4n) is 3.90. The van der Waals surface area contributed by atoms with Crippen LogP contribution < -0.4 is 0 Å². The van der Waals surface area contributed by atoms with Gasteiger partial charge in [-0.15, -0.1) is 0 Å². The Morgan fingerprint density at radius 2 is 1.91 bits per heavy atom. The van der Waals surface area contributed by atoms with Crippen molar-refractivity contribution in [2.24, 2.45) is 7.05 Å². The highest BCUT2D eigenvalue weighted by Crippen LogP contribution is 2.32. The minimum absolute atomic E-state index is 0.0643. The lowest BCUT2D eigenvalue weighted by Crippen LogP contribution is -2.36. The normalized spacial score (nSPS) is 14.5. The highest BCUT2D eigenvalue weighted by molar-refractivity contribution is 7.89. The summed E-state index contributed by atoms with van der Waals surface area (Å²) in [5.41, 5.74) is 3.20. The first-order valence-electron chi connectivity index (χ1n) is 10.0. The van der Waals surface area contributed by atoms with Gasteiger partial charge in [-0.05, 0) is 30.7 Å². The van der Waals surface area contributed by atoms with E-state index in [1.165, 1.54) is 22.5 Å². The number of hydrogen-bond donors (Lipinski definition) is 0. The number of fused-ring (bicyclic) bond motifs is 1. The predicted molar refractivity (Wildman–Crippen MR) is 114 cm³/mol. The molecule has 0 fully saturated rings. The molecule has 0 spiro atoms. The third kappa shape index (κ3) is 3.41. The third-order valence-corrected chi connectivity index (χ3v) is 7.48. The van der Waals surface area contributed by atoms with Crippen molar-refractivity contribution in [1.29, 1.82) is 0 Å². The van der Waals surface area contributed by atoms with E-state index >= 15 is 0 Å². The van der Waals surface area contributed by atoms with Gasteiger partial charge in [-0.25, -0.2) is 12.8 Å². The van der Waals surface area contributed by atoms with Crippen molar-refractivity contribution < 1.29 is 17.3 Å². The standard InChI is InChI=1S/C22H20FN5O3S/c1-14-12-16(8-9-18(14)23)32(29,30)28-11-10-19-17(13-28)20(25-27(19)2)22-24-21(26-31-22)15-6-4-3-5-7-15/h3-9,12H,10-11,13H2,1-2H3. The van der Waals surface area contributed by atoms with Gasteiger partial charge in [0.2, 0.25) is 15.8 Å². The number of sulfonamides is 1. The van der Waals surface area contributed by atoms with Crippen LogP contribution >= 0.6 is 0 Å². The highest BCUT2D eigenvalue weighted by Gasteiger charge is 2.33. The topological polar surface area (TPSA) is 94.1 Å². The fourth-order valence-corrected chi connectivity index (χ4v) is 5.39. The van der Waals surface area contributed by atoms with Crippen molar-refractivity contribution in [3.8, 4) is 23.0 Å². The van der Waals surface area contributed by atoms with Crippen LogP contribution in [0.4, 0.5) is 4.39 Å². The Morgan fingerprint density at radius 1 is 1.12 bits per heavy atom. The zero-order valence-corrected chi connectivity index (χ0v) is 18.3. The Hall–Kier alpha value is -3.37. The maximum absolute atomic E-state index is 13.7. The molecule has 8 nitrogen and oxygen atoms in total. The van der Waals surface area contributed by atoms with Crippen LogP contribution in [0.15, 0.2) is 57.9 Å². The van der Waals surface area contributed by atoms with Crippen LogP contribution in [0, 0.1) is 12.7 Å². The molecule has 0 atom stereocenters. The summed E-state index contributed by atoms with van der Waals surface area (Å²) < 4.78 is 48.7. The van der Waals surface area contributed by atoms with E-state index in [1.807, 2.05) is 37.4 Å². The first-order chi connectivity index (χ1) is 15.3. The van der Waals surface area contributed by atoms with Gasteiger partial charge in [0.05, 0.1) is 4.90 Å². The maximum atomic E-state index is 13.7. The molecule has 0 N–H and O–H groups in total. The molecule has 5 rings (SSSR count). The molecule has 1 aliphatic rings. The summed E-state index contributed by atoms with van der Waals surface area (Å²) in [4.78, 5) is 4.54. The fraction of sp³-hybridized carbons (Fsp3) is 0.227. The minimum atomic E-state index is -3.81. The van der Waals surface area contributed by atoms with Crippen molar-refractivity contribution in [2.45, 2.75) is 24.8 Å². The number of nitrogens with zero attached hydrogens (tertiary/aromatic N) is 5. The van der Waals surface area contributed by atoms with Crippen LogP contribution in [-0.2, 0) is 30.0 Å². The molecule has 1 aliphatic heterocycles. The Balaban J connectivity index is 1.50. The number of aryl methyl sites for hydroxylation is 2. The Morgan fingerprint density at radius 3 is 2.66 bits per heavy atom. The summed E-state index contributed by atoms with van der Waals surface area (Å²) >= 11 is 0. The summed E-state index contributed by atoms with van der Waals surface area (Å²) in [7, 11) is -2.00. The molecule has 164 valence electrons. The van der Waals surface area contributed by atoms with E-state index in [9.17, 15) is 12.8 Å². The van der Waals surface area contributed by atoms with E-state index in [2.05, 4.69) is 15.2 Å². The van der Waals surface area contributed by atoms with Gasteiger partial charge in [-0.1, -0.05) is 35.5 Å². The summed E-state index contributed by atoms with van der Waals surface area (Å²) in [6, 6.07) is 13.2. The molecule has 3 heterocycles. The summed E-state index contributed by atoms with van der Waals surface area (Å²) in [6.07, 6.45) is 0.484. The van der Waals surface area contributed by atoms with E-state index in [1.54, 1.807) is 11.6 Å². The predicted octanol–water partition coefficient (Wildman–Crippen LogP) is 3.33. The van der Waals surface area contributed by atoms with Crippen molar-refractivity contribution in [3.63, 3.8) is 0 Å². The number of rotatable bonds is 4. The van der Waals surface area contributed by atoms with Crippen molar-refractivity contribution in [3.05, 3.63) is 71.2 Å². The quantitative estimate of drug-likeness (QED) is 0.471. The van der Waals surface area contributed by atoms with Gasteiger partial charge in [0.1, 0.15) is 5.82 Å². The Labute approximate surface area is 184 Å². The second-order valence-corrected chi connectivity index (χ2v) is 9.62. The maximum Gasteiger partial charge on any atom is 0.279 e. The second kappa shape index (κ2) is 7.64. The number of benzene rings is 2. The number of aromatic nitrogens is 4. The molecule has 2 aromatic heterocycles. The molecule has 0 radical (unpaired) electrons. The van der Waals surface area contributed by atoms with Gasteiger partial charge in [0.25, 0.3) is 5.89 Å². The lowest BCUT2D eigenvalue weighted by atomic mass is 10.1. The van der Waals surface area contributed by atoms with Gasteiger partial charge in [-0.3, -0.25) is 4.68 Å². The smallest absolute Gasteiger partial charge is 0.279 e. The van der Waals surface area contributed by atoms with Crippen LogP contribution in [0.2, 0.25) is 0 Å². The van der Waals surface area contributed by atoms with E-state index in [-0.39, 0.29) is 22.9 Å². The van der Waals surface area contributed by atoms with Gasteiger partial charge in [-0.2, -0.15) is 14.4 Å². The Bertz CT molecular complexity index is 1410. The molecular formula is C22H20FN5O3S. The SMILES string of the molecule is Cc1cc(S(=O)(=O)N2CCc3c(c(-c4nc(-c5ccccc5)no4)nn3C)C2)ccc1F. The first kappa shape index (κ1) is 20.5. The summed E-state index contributed by atoms with van der Waals surface area (Å²) in [5.74, 6) is 0.227. The highest BCUT2D eigenvalue weighted by atomic mass is 32.2. The van der Waals surface area contributed by atoms with Crippen molar-refractivity contribution in [2.75, 3.05) is 6.54 Å². The van der Waals surface area contributed by atoms with E-state index in [0.29, 0.717) is 24.5 Å². The van der Waals surface area contributed by atoms with Crippen molar-refractivity contribution in [1.82, 2.24) is 24.2 Å². The molecule has 0 saturated heterocycles. The zero-order valence-electron chi connectivity index (χ0n) is 17.5. The average molecular weight is 453 g/mol.